The molecule has 1 aliphatic rings. The molecule has 0 aromatic rings. The van der Waals surface area contributed by atoms with E-state index in [0.29, 0.717) is 0 Å². The lowest BCUT2D eigenvalue weighted by Gasteiger charge is -2.43. The first kappa shape index (κ1) is 14.1. The molecule has 1 unspecified atom stereocenters. The molecule has 5 heteroatoms. The first-order valence-electron chi connectivity index (χ1n) is 5.92. The number of hydrogen-bond acceptors (Lipinski definition) is 4. The summed E-state index contributed by atoms with van der Waals surface area (Å²) in [6.07, 6.45) is 4.99. The fourth-order valence-corrected chi connectivity index (χ4v) is 5.21. The molecule has 96 valence electrons. The topological polar surface area (TPSA) is 47.9 Å². The van der Waals surface area contributed by atoms with Crippen molar-refractivity contribution in [3.05, 3.63) is 0 Å². The number of hydrogen-bond donors (Lipinski definition) is 1. The molecule has 0 saturated heterocycles. The van der Waals surface area contributed by atoms with Crippen molar-refractivity contribution in [2.45, 2.75) is 50.2 Å². The van der Waals surface area contributed by atoms with Gasteiger partial charge in [0.15, 0.2) is 0 Å². The lowest BCUT2D eigenvalue weighted by molar-refractivity contribution is -0.0269. The van der Waals surface area contributed by atoms with Crippen LogP contribution in [0.3, 0.4) is 0 Å². The average molecular weight is 248 g/mol. The third-order valence-corrected chi connectivity index (χ3v) is 7.21. The molecule has 0 bridgehead atoms. The van der Waals surface area contributed by atoms with E-state index in [1.165, 1.54) is 6.42 Å². The second kappa shape index (κ2) is 5.60. The predicted octanol–water partition coefficient (Wildman–Crippen LogP) is 1.95. The highest BCUT2D eigenvalue weighted by Gasteiger charge is 2.54. The fraction of sp³-hybridized carbons (Fsp3) is 1.00. The Bertz CT molecular complexity index is 204. The second-order valence-electron chi connectivity index (χ2n) is 4.60. The fourth-order valence-electron chi connectivity index (χ4n) is 2.71. The monoisotopic (exact) mass is 248 g/mol. The maximum atomic E-state index is 10.7. The standard InChI is InChI=1S/C11H24O4Si/c1-10(16(13-2,14-3)15-4)11(12)8-6-5-7-9-11/h10,12H,5-9H2,1-4H3. The molecule has 0 aromatic heterocycles. The highest BCUT2D eigenvalue weighted by atomic mass is 28.4. The summed E-state index contributed by atoms with van der Waals surface area (Å²) in [4.78, 5) is 0. The Morgan fingerprint density at radius 1 is 1.00 bits per heavy atom. The summed E-state index contributed by atoms with van der Waals surface area (Å²) in [6, 6.07) is 0. The van der Waals surface area contributed by atoms with Crippen LogP contribution in [0.4, 0.5) is 0 Å². The summed E-state index contributed by atoms with van der Waals surface area (Å²) in [5, 5.41) is 10.7. The third-order valence-electron chi connectivity index (χ3n) is 3.91. The van der Waals surface area contributed by atoms with Gasteiger partial charge >= 0.3 is 8.80 Å². The Morgan fingerprint density at radius 2 is 1.44 bits per heavy atom. The van der Waals surface area contributed by atoms with Gasteiger partial charge in [-0.2, -0.15) is 0 Å². The van der Waals surface area contributed by atoms with Crippen molar-refractivity contribution in [3.8, 4) is 0 Å². The van der Waals surface area contributed by atoms with Gasteiger partial charge in [-0.05, 0) is 12.8 Å². The molecule has 1 atom stereocenters. The van der Waals surface area contributed by atoms with Crippen LogP contribution in [0.1, 0.15) is 39.0 Å². The van der Waals surface area contributed by atoms with E-state index in [2.05, 4.69) is 0 Å². The highest BCUT2D eigenvalue weighted by Crippen LogP contribution is 2.43. The Labute approximate surface area is 99.3 Å². The van der Waals surface area contributed by atoms with E-state index in [1.54, 1.807) is 21.3 Å². The van der Waals surface area contributed by atoms with Gasteiger partial charge in [0.1, 0.15) is 0 Å². The summed E-state index contributed by atoms with van der Waals surface area (Å²) in [5.41, 5.74) is -0.771. The molecule has 1 rings (SSSR count). The van der Waals surface area contributed by atoms with E-state index >= 15 is 0 Å². The molecule has 1 fully saturated rings. The van der Waals surface area contributed by atoms with Crippen molar-refractivity contribution in [1.82, 2.24) is 0 Å². The molecule has 16 heavy (non-hydrogen) atoms. The van der Waals surface area contributed by atoms with Gasteiger partial charge in [0.2, 0.25) is 0 Å². The quantitative estimate of drug-likeness (QED) is 0.756. The Balaban J connectivity index is 2.83. The van der Waals surface area contributed by atoms with Crippen molar-refractivity contribution in [2.24, 2.45) is 0 Å². The first-order valence-corrected chi connectivity index (χ1v) is 7.72. The lowest BCUT2D eigenvalue weighted by atomic mass is 9.83. The molecular weight excluding hydrogens is 224 g/mol. The summed E-state index contributed by atoms with van der Waals surface area (Å²) < 4.78 is 16.4. The number of aliphatic hydroxyl groups is 1. The van der Waals surface area contributed by atoms with E-state index < -0.39 is 14.4 Å². The molecule has 0 spiro atoms. The zero-order valence-electron chi connectivity index (χ0n) is 10.8. The summed E-state index contributed by atoms with van der Waals surface area (Å²) in [5.74, 6) is 0. The largest absolute Gasteiger partial charge is 0.506 e. The van der Waals surface area contributed by atoms with Gasteiger partial charge in [-0.15, -0.1) is 0 Å². The predicted molar refractivity (Wildman–Crippen MR) is 64.2 cm³/mol. The van der Waals surface area contributed by atoms with E-state index in [-0.39, 0.29) is 5.54 Å². The SMILES string of the molecule is CO[Si](OC)(OC)C(C)C1(O)CCCCC1. The van der Waals surface area contributed by atoms with Crippen LogP contribution < -0.4 is 0 Å². The second-order valence-corrected chi connectivity index (χ2v) is 7.90. The zero-order chi connectivity index (χ0) is 12.2. The summed E-state index contributed by atoms with van der Waals surface area (Å²) >= 11 is 0. The highest BCUT2D eigenvalue weighted by molar-refractivity contribution is 6.62. The average Bonchev–Trinajstić information content (AvgIpc) is 2.33. The number of rotatable bonds is 5. The zero-order valence-corrected chi connectivity index (χ0v) is 11.8. The van der Waals surface area contributed by atoms with Crippen molar-refractivity contribution < 1.29 is 18.4 Å². The van der Waals surface area contributed by atoms with Gasteiger partial charge in [-0.3, -0.25) is 0 Å². The third kappa shape index (κ3) is 2.48. The van der Waals surface area contributed by atoms with Gasteiger partial charge in [-0.1, -0.05) is 26.2 Å². The van der Waals surface area contributed by atoms with Crippen LogP contribution in [0, 0.1) is 0 Å². The smallest absolute Gasteiger partial charge is 0.390 e. The molecule has 1 N–H and O–H groups in total. The Morgan fingerprint density at radius 3 is 1.81 bits per heavy atom. The van der Waals surface area contributed by atoms with Crippen LogP contribution in [0.25, 0.3) is 0 Å². The van der Waals surface area contributed by atoms with E-state index in [9.17, 15) is 5.11 Å². The van der Waals surface area contributed by atoms with Gasteiger partial charge in [0, 0.05) is 21.3 Å². The van der Waals surface area contributed by atoms with Crippen molar-refractivity contribution >= 4 is 8.80 Å². The maximum absolute atomic E-state index is 10.7. The van der Waals surface area contributed by atoms with E-state index in [4.69, 9.17) is 13.3 Å². The first-order chi connectivity index (χ1) is 7.54. The summed E-state index contributed by atoms with van der Waals surface area (Å²) in [7, 11) is 2.07. The minimum atomic E-state index is -2.73. The minimum absolute atomic E-state index is 0.0831. The molecule has 0 heterocycles. The molecule has 4 nitrogen and oxygen atoms in total. The van der Waals surface area contributed by atoms with Crippen LogP contribution in [0.15, 0.2) is 0 Å². The van der Waals surface area contributed by atoms with Crippen LogP contribution in [-0.4, -0.2) is 40.8 Å². The Kier molecular flexibility index (Phi) is 4.94. The van der Waals surface area contributed by atoms with Crippen molar-refractivity contribution in [3.63, 3.8) is 0 Å². The van der Waals surface area contributed by atoms with Gasteiger partial charge in [0.05, 0.1) is 11.1 Å². The van der Waals surface area contributed by atoms with Crippen LogP contribution >= 0.6 is 0 Å². The maximum Gasteiger partial charge on any atom is 0.506 e. The molecule has 0 radical (unpaired) electrons. The van der Waals surface area contributed by atoms with Crippen LogP contribution in [-0.2, 0) is 13.3 Å². The lowest BCUT2D eigenvalue weighted by Crippen LogP contribution is -2.55. The molecule has 1 saturated carbocycles. The molecule has 0 aromatic carbocycles. The van der Waals surface area contributed by atoms with E-state index in [0.717, 1.165) is 25.7 Å². The van der Waals surface area contributed by atoms with Gasteiger partial charge in [0.25, 0.3) is 0 Å². The Hall–Kier alpha value is 0.0569. The minimum Gasteiger partial charge on any atom is -0.390 e. The van der Waals surface area contributed by atoms with Gasteiger partial charge < -0.3 is 18.4 Å². The van der Waals surface area contributed by atoms with Crippen LogP contribution in [0.5, 0.6) is 0 Å². The van der Waals surface area contributed by atoms with Crippen LogP contribution in [0.2, 0.25) is 5.54 Å². The van der Waals surface area contributed by atoms with Gasteiger partial charge in [-0.25, -0.2) is 0 Å². The van der Waals surface area contributed by atoms with E-state index in [1.807, 2.05) is 6.92 Å². The van der Waals surface area contributed by atoms with Crippen molar-refractivity contribution in [1.29, 1.82) is 0 Å². The molecule has 0 amide bonds. The van der Waals surface area contributed by atoms with Crippen molar-refractivity contribution in [2.75, 3.05) is 21.3 Å². The molecular formula is C11H24O4Si. The molecule has 0 aliphatic heterocycles. The summed E-state index contributed by atoms with van der Waals surface area (Å²) in [6.45, 7) is 1.98. The molecule has 1 aliphatic carbocycles. The normalized spacial score (nSPS) is 23.1.